The maximum absolute atomic E-state index is 12.9. The molecule has 3 rings (SSSR count). The predicted molar refractivity (Wildman–Crippen MR) is 130 cm³/mol. The van der Waals surface area contributed by atoms with Gasteiger partial charge in [-0.25, -0.2) is 4.79 Å². The molecule has 6 N–H and O–H groups in total. The van der Waals surface area contributed by atoms with E-state index >= 15 is 0 Å². The molecule has 2 amide bonds. The maximum atomic E-state index is 12.9. The van der Waals surface area contributed by atoms with Gasteiger partial charge < -0.3 is 21.7 Å². The van der Waals surface area contributed by atoms with Crippen LogP contribution < -0.4 is 32.9 Å². The Morgan fingerprint density at radius 3 is 2.58 bits per heavy atom. The van der Waals surface area contributed by atoms with Gasteiger partial charge in [0.15, 0.2) is 0 Å². The lowest BCUT2D eigenvalue weighted by Gasteiger charge is -2.26. The molecule has 0 atom stereocenters. The zero-order valence-corrected chi connectivity index (χ0v) is 19.0. The first-order valence-corrected chi connectivity index (χ1v) is 11.3. The van der Waals surface area contributed by atoms with Crippen LogP contribution in [0, 0.1) is 0 Å². The molecule has 0 aliphatic heterocycles. The van der Waals surface area contributed by atoms with Crippen LogP contribution in [0.15, 0.2) is 51.4 Å². The van der Waals surface area contributed by atoms with Crippen LogP contribution in [0.4, 0.5) is 16.5 Å². The second-order valence-corrected chi connectivity index (χ2v) is 8.33. The molecule has 0 aliphatic rings. The Hall–Kier alpha value is -3.86. The Balaban J connectivity index is 1.97. The lowest BCUT2D eigenvalue weighted by Crippen LogP contribution is -2.41. The largest absolute Gasteiger partial charge is 0.383 e. The third-order valence-electron chi connectivity index (χ3n) is 5.00. The molecule has 0 aliphatic carbocycles. The summed E-state index contributed by atoms with van der Waals surface area (Å²) in [6, 6.07) is 10.8. The Kier molecular flexibility index (Phi) is 7.67. The minimum absolute atomic E-state index is 0.00474. The molecule has 0 fully saturated rings. The Morgan fingerprint density at radius 1 is 1.18 bits per heavy atom. The Labute approximate surface area is 193 Å². The van der Waals surface area contributed by atoms with Crippen molar-refractivity contribution in [3.8, 4) is 0 Å². The number of rotatable bonds is 10. The summed E-state index contributed by atoms with van der Waals surface area (Å²) in [5.74, 6) is -1.13. The van der Waals surface area contributed by atoms with E-state index in [0.29, 0.717) is 18.0 Å². The van der Waals surface area contributed by atoms with E-state index in [1.165, 1.54) is 15.5 Å². The summed E-state index contributed by atoms with van der Waals surface area (Å²) in [5.41, 5.74) is 11.4. The fourth-order valence-corrected chi connectivity index (χ4v) is 4.19. The van der Waals surface area contributed by atoms with E-state index < -0.39 is 23.1 Å². The number of nitrogens with two attached hydrogens (primary N) is 2. The average Bonchev–Trinajstić information content (AvgIpc) is 3.22. The number of amides is 2. The summed E-state index contributed by atoms with van der Waals surface area (Å²) >= 11 is 1.16. The summed E-state index contributed by atoms with van der Waals surface area (Å²) in [6.07, 6.45) is 1.53. The zero-order chi connectivity index (χ0) is 24.0. The van der Waals surface area contributed by atoms with Crippen LogP contribution in [-0.4, -0.2) is 27.9 Å². The number of carbonyl (C=O) groups is 2. The Morgan fingerprint density at radius 2 is 1.91 bits per heavy atom. The highest BCUT2D eigenvalue weighted by molar-refractivity contribution is 7.14. The second kappa shape index (κ2) is 10.6. The van der Waals surface area contributed by atoms with E-state index in [1.807, 2.05) is 37.3 Å². The summed E-state index contributed by atoms with van der Waals surface area (Å²) in [7, 11) is 0. The number of nitrogens with zero attached hydrogens (tertiary/aromatic N) is 2. The summed E-state index contributed by atoms with van der Waals surface area (Å²) < 4.78 is 1.31. The van der Waals surface area contributed by atoms with E-state index in [2.05, 4.69) is 10.3 Å². The molecule has 11 heteroatoms. The summed E-state index contributed by atoms with van der Waals surface area (Å²) in [5, 5.41) is 4.64. The number of aromatic amines is 1. The molecule has 3 aromatic rings. The number of hydrogen-bond donors (Lipinski definition) is 4. The van der Waals surface area contributed by atoms with Gasteiger partial charge in [0.1, 0.15) is 16.5 Å². The van der Waals surface area contributed by atoms with Gasteiger partial charge in [-0.2, -0.15) is 0 Å². The van der Waals surface area contributed by atoms with E-state index in [-0.39, 0.29) is 30.2 Å². The number of H-pyrrole nitrogens is 1. The van der Waals surface area contributed by atoms with Crippen molar-refractivity contribution in [3.63, 3.8) is 0 Å². The molecule has 0 radical (unpaired) electrons. The molecule has 174 valence electrons. The minimum Gasteiger partial charge on any atom is -0.383 e. The number of thiophene rings is 1. The number of anilines is 3. The molecule has 0 spiro atoms. The van der Waals surface area contributed by atoms with E-state index in [9.17, 15) is 19.2 Å². The fourth-order valence-electron chi connectivity index (χ4n) is 3.38. The van der Waals surface area contributed by atoms with Gasteiger partial charge in [-0.05, 0) is 23.4 Å². The highest BCUT2D eigenvalue weighted by Crippen LogP contribution is 2.24. The number of nitrogens with one attached hydrogen (secondary N) is 2. The number of aromatic nitrogens is 2. The number of benzene rings is 1. The van der Waals surface area contributed by atoms with Crippen molar-refractivity contribution >= 4 is 39.7 Å². The smallest absolute Gasteiger partial charge is 0.330 e. The quantitative estimate of drug-likeness (QED) is 0.353. The van der Waals surface area contributed by atoms with Crippen LogP contribution in [0.25, 0.3) is 0 Å². The molecule has 0 bridgehead atoms. The third kappa shape index (κ3) is 5.69. The first-order chi connectivity index (χ1) is 15.8. The van der Waals surface area contributed by atoms with Gasteiger partial charge in [0, 0.05) is 13.1 Å². The van der Waals surface area contributed by atoms with Gasteiger partial charge in [0.2, 0.25) is 5.91 Å². The van der Waals surface area contributed by atoms with Crippen molar-refractivity contribution in [2.24, 2.45) is 5.73 Å². The van der Waals surface area contributed by atoms with Crippen LogP contribution in [-0.2, 0) is 17.9 Å². The predicted octanol–water partition coefficient (Wildman–Crippen LogP) is 1.72. The number of nitrogen functional groups attached to an aromatic ring is 1. The number of carbonyl (C=O) groups excluding carboxylic acids is 2. The summed E-state index contributed by atoms with van der Waals surface area (Å²) in [6.45, 7) is 2.27. The van der Waals surface area contributed by atoms with Gasteiger partial charge in [-0.15, -0.1) is 11.3 Å². The minimum atomic E-state index is -0.678. The molecule has 0 saturated heterocycles. The van der Waals surface area contributed by atoms with Crippen molar-refractivity contribution in [3.05, 3.63) is 73.7 Å². The van der Waals surface area contributed by atoms with Crippen LogP contribution in [0.1, 0.15) is 35.7 Å². The van der Waals surface area contributed by atoms with Crippen LogP contribution >= 0.6 is 11.3 Å². The molecule has 2 aromatic heterocycles. The van der Waals surface area contributed by atoms with Gasteiger partial charge >= 0.3 is 5.69 Å². The molecule has 10 nitrogen and oxygen atoms in total. The molecule has 2 heterocycles. The molecule has 0 unspecified atom stereocenters. The standard InChI is InChI=1S/C22H26N6O4S/c1-2-3-10-28-18(23)17(20(31)26-22(28)32)27(12-14-7-5-4-6-8-14)13-16(29)25-21-15(19(24)30)9-11-33-21/h4-9,11H,2-3,10,12-13,23H2,1H3,(H2,24,30)(H,25,29)(H,26,31,32). The van der Waals surface area contributed by atoms with Crippen LogP contribution in [0.3, 0.4) is 0 Å². The van der Waals surface area contributed by atoms with Gasteiger partial charge in [-0.1, -0.05) is 43.7 Å². The topological polar surface area (TPSA) is 156 Å². The molecular weight excluding hydrogens is 444 g/mol. The number of primary amides is 1. The molecule has 0 saturated carbocycles. The third-order valence-corrected chi connectivity index (χ3v) is 5.83. The van der Waals surface area contributed by atoms with Crippen LogP contribution in [0.2, 0.25) is 0 Å². The van der Waals surface area contributed by atoms with Crippen molar-refractivity contribution in [1.82, 2.24) is 9.55 Å². The lowest BCUT2D eigenvalue weighted by molar-refractivity contribution is -0.115. The Bertz CT molecular complexity index is 1250. The van der Waals surface area contributed by atoms with Crippen molar-refractivity contribution in [1.29, 1.82) is 0 Å². The monoisotopic (exact) mass is 470 g/mol. The van der Waals surface area contributed by atoms with Crippen molar-refractivity contribution in [2.75, 3.05) is 22.5 Å². The fraction of sp³-hybridized carbons (Fsp3) is 0.273. The van der Waals surface area contributed by atoms with Crippen molar-refractivity contribution in [2.45, 2.75) is 32.9 Å². The highest BCUT2D eigenvalue weighted by atomic mass is 32.1. The normalized spacial score (nSPS) is 10.7. The van der Waals surface area contributed by atoms with E-state index in [4.69, 9.17) is 11.5 Å². The van der Waals surface area contributed by atoms with Crippen molar-refractivity contribution < 1.29 is 9.59 Å². The second-order valence-electron chi connectivity index (χ2n) is 7.42. The maximum Gasteiger partial charge on any atom is 0.330 e. The lowest BCUT2D eigenvalue weighted by atomic mass is 10.2. The number of unbranched alkanes of at least 4 members (excludes halogenated alkanes) is 1. The zero-order valence-electron chi connectivity index (χ0n) is 18.2. The highest BCUT2D eigenvalue weighted by Gasteiger charge is 2.22. The molecule has 33 heavy (non-hydrogen) atoms. The first kappa shape index (κ1) is 23.8. The van der Waals surface area contributed by atoms with E-state index in [1.54, 1.807) is 5.38 Å². The molecular formula is C22H26N6O4S. The average molecular weight is 471 g/mol. The van der Waals surface area contributed by atoms with Gasteiger partial charge in [-0.3, -0.25) is 23.9 Å². The molecule has 1 aromatic carbocycles. The van der Waals surface area contributed by atoms with Crippen LogP contribution in [0.5, 0.6) is 0 Å². The van der Waals surface area contributed by atoms with E-state index in [0.717, 1.165) is 23.3 Å². The van der Waals surface area contributed by atoms with Gasteiger partial charge in [0.25, 0.3) is 11.5 Å². The summed E-state index contributed by atoms with van der Waals surface area (Å²) in [4.78, 5) is 53.4. The van der Waals surface area contributed by atoms with Gasteiger partial charge in [0.05, 0.1) is 12.1 Å². The first-order valence-electron chi connectivity index (χ1n) is 10.4. The SMILES string of the molecule is CCCCn1c(N)c(N(CC(=O)Nc2sccc2C(N)=O)Cc2ccccc2)c(=O)[nH]c1=O. The number of hydrogen-bond acceptors (Lipinski definition) is 7.